The summed E-state index contributed by atoms with van der Waals surface area (Å²) in [6.07, 6.45) is -0.306. The standard InChI is InChI=1S/C13H19NO4/c1-4-17-12-6-10(5-11(14)7-12)13(15)18-9(2)8-16-3/h5-7,9H,4,8,14H2,1-3H3. The summed E-state index contributed by atoms with van der Waals surface area (Å²) >= 11 is 0. The van der Waals surface area contributed by atoms with Gasteiger partial charge in [0.1, 0.15) is 11.9 Å². The molecule has 5 heteroatoms. The fourth-order valence-electron chi connectivity index (χ4n) is 1.51. The molecule has 1 aromatic rings. The molecule has 0 amide bonds. The predicted octanol–water partition coefficient (Wildman–Crippen LogP) is 1.86. The van der Waals surface area contributed by atoms with E-state index < -0.39 is 5.97 Å². The van der Waals surface area contributed by atoms with Crippen LogP contribution in [0.5, 0.6) is 5.75 Å². The van der Waals surface area contributed by atoms with E-state index in [0.29, 0.717) is 30.2 Å². The van der Waals surface area contributed by atoms with Gasteiger partial charge in [-0.2, -0.15) is 0 Å². The van der Waals surface area contributed by atoms with Gasteiger partial charge in [-0.15, -0.1) is 0 Å². The molecule has 1 unspecified atom stereocenters. The number of benzene rings is 1. The lowest BCUT2D eigenvalue weighted by Crippen LogP contribution is -2.19. The third kappa shape index (κ3) is 4.25. The number of nitrogen functional groups attached to an aromatic ring is 1. The third-order valence-electron chi connectivity index (χ3n) is 2.19. The molecule has 2 N–H and O–H groups in total. The van der Waals surface area contributed by atoms with Gasteiger partial charge in [-0.25, -0.2) is 4.79 Å². The molecular weight excluding hydrogens is 234 g/mol. The van der Waals surface area contributed by atoms with Gasteiger partial charge in [-0.1, -0.05) is 0 Å². The van der Waals surface area contributed by atoms with Crippen LogP contribution in [0.3, 0.4) is 0 Å². The van der Waals surface area contributed by atoms with Crippen LogP contribution in [0.15, 0.2) is 18.2 Å². The Labute approximate surface area is 107 Å². The lowest BCUT2D eigenvalue weighted by Gasteiger charge is -2.13. The molecule has 0 spiro atoms. The van der Waals surface area contributed by atoms with E-state index in [0.717, 1.165) is 0 Å². The lowest BCUT2D eigenvalue weighted by molar-refractivity contribution is 0.0120. The molecule has 0 radical (unpaired) electrons. The summed E-state index contributed by atoms with van der Waals surface area (Å²) in [5.74, 6) is 0.122. The zero-order valence-electron chi connectivity index (χ0n) is 10.9. The summed E-state index contributed by atoms with van der Waals surface area (Å²) in [5.41, 5.74) is 6.55. The molecule has 0 aliphatic heterocycles. The number of carbonyl (C=O) groups excluding carboxylic acids is 1. The maximum Gasteiger partial charge on any atom is 0.338 e. The number of ether oxygens (including phenoxy) is 3. The molecule has 0 saturated heterocycles. The number of methoxy groups -OCH3 is 1. The number of nitrogens with two attached hydrogens (primary N) is 1. The highest BCUT2D eigenvalue weighted by Gasteiger charge is 2.13. The maximum absolute atomic E-state index is 11.8. The average Bonchev–Trinajstić information content (AvgIpc) is 2.28. The molecule has 0 aromatic heterocycles. The summed E-state index contributed by atoms with van der Waals surface area (Å²) in [5, 5.41) is 0. The van der Waals surface area contributed by atoms with Crippen molar-refractivity contribution in [3.05, 3.63) is 23.8 Å². The van der Waals surface area contributed by atoms with Crippen molar-refractivity contribution in [1.29, 1.82) is 0 Å². The van der Waals surface area contributed by atoms with Gasteiger partial charge in [0.2, 0.25) is 0 Å². The van der Waals surface area contributed by atoms with Crippen molar-refractivity contribution in [3.63, 3.8) is 0 Å². The zero-order valence-corrected chi connectivity index (χ0v) is 10.9. The summed E-state index contributed by atoms with van der Waals surface area (Å²) in [4.78, 5) is 11.8. The molecule has 1 aromatic carbocycles. The van der Waals surface area contributed by atoms with Crippen molar-refractivity contribution in [3.8, 4) is 5.75 Å². The van der Waals surface area contributed by atoms with Crippen molar-refractivity contribution in [1.82, 2.24) is 0 Å². The first-order valence-electron chi connectivity index (χ1n) is 5.80. The summed E-state index contributed by atoms with van der Waals surface area (Å²) in [6.45, 7) is 4.49. The van der Waals surface area contributed by atoms with Crippen LogP contribution < -0.4 is 10.5 Å². The van der Waals surface area contributed by atoms with Crippen LogP contribution in [0.4, 0.5) is 5.69 Å². The van der Waals surface area contributed by atoms with Crippen molar-refractivity contribution in [2.24, 2.45) is 0 Å². The van der Waals surface area contributed by atoms with Gasteiger partial charge in [-0.3, -0.25) is 0 Å². The number of esters is 1. The molecule has 0 aliphatic carbocycles. The second-order valence-electron chi connectivity index (χ2n) is 3.90. The number of hydrogen-bond acceptors (Lipinski definition) is 5. The van der Waals surface area contributed by atoms with E-state index in [-0.39, 0.29) is 6.10 Å². The van der Waals surface area contributed by atoms with Crippen molar-refractivity contribution in [2.75, 3.05) is 26.1 Å². The van der Waals surface area contributed by atoms with E-state index in [9.17, 15) is 4.79 Å². The first-order chi connectivity index (χ1) is 8.56. The Morgan fingerprint density at radius 1 is 1.39 bits per heavy atom. The second kappa shape index (κ2) is 6.86. The number of hydrogen-bond donors (Lipinski definition) is 1. The molecular formula is C13H19NO4. The van der Waals surface area contributed by atoms with Crippen LogP contribution in [0.25, 0.3) is 0 Å². The summed E-state index contributed by atoms with van der Waals surface area (Å²) in [7, 11) is 1.55. The van der Waals surface area contributed by atoms with Gasteiger partial charge in [0.05, 0.1) is 18.8 Å². The fourth-order valence-corrected chi connectivity index (χ4v) is 1.51. The van der Waals surface area contributed by atoms with Crippen molar-refractivity contribution >= 4 is 11.7 Å². The van der Waals surface area contributed by atoms with Crippen LogP contribution in [0.1, 0.15) is 24.2 Å². The molecule has 0 fully saturated rings. The van der Waals surface area contributed by atoms with E-state index >= 15 is 0 Å². The Bertz CT molecular complexity index is 406. The van der Waals surface area contributed by atoms with Gasteiger partial charge in [-0.05, 0) is 26.0 Å². The highest BCUT2D eigenvalue weighted by Crippen LogP contribution is 2.20. The molecule has 1 rings (SSSR count). The largest absolute Gasteiger partial charge is 0.494 e. The molecule has 18 heavy (non-hydrogen) atoms. The molecule has 1 atom stereocenters. The predicted molar refractivity (Wildman–Crippen MR) is 68.8 cm³/mol. The van der Waals surface area contributed by atoms with Crippen molar-refractivity contribution in [2.45, 2.75) is 20.0 Å². The maximum atomic E-state index is 11.8. The average molecular weight is 253 g/mol. The van der Waals surface area contributed by atoms with Gasteiger partial charge in [0, 0.05) is 18.9 Å². The van der Waals surface area contributed by atoms with Gasteiger partial charge in [0.15, 0.2) is 0 Å². The highest BCUT2D eigenvalue weighted by molar-refractivity contribution is 5.91. The van der Waals surface area contributed by atoms with E-state index in [4.69, 9.17) is 19.9 Å². The minimum absolute atomic E-state index is 0.306. The van der Waals surface area contributed by atoms with Crippen LogP contribution in [-0.4, -0.2) is 32.4 Å². The van der Waals surface area contributed by atoms with Crippen LogP contribution in [0, 0.1) is 0 Å². The normalized spacial score (nSPS) is 11.9. The number of rotatable bonds is 6. The van der Waals surface area contributed by atoms with Crippen molar-refractivity contribution < 1.29 is 19.0 Å². The van der Waals surface area contributed by atoms with E-state index in [1.54, 1.807) is 32.2 Å². The van der Waals surface area contributed by atoms with Crippen LogP contribution >= 0.6 is 0 Å². The molecule has 0 heterocycles. The van der Waals surface area contributed by atoms with E-state index in [2.05, 4.69) is 0 Å². The fraction of sp³-hybridized carbons (Fsp3) is 0.462. The molecule has 5 nitrogen and oxygen atoms in total. The summed E-state index contributed by atoms with van der Waals surface area (Å²) < 4.78 is 15.4. The van der Waals surface area contributed by atoms with Gasteiger partial charge < -0.3 is 19.9 Å². The highest BCUT2D eigenvalue weighted by atomic mass is 16.6. The number of carbonyl (C=O) groups is 1. The SMILES string of the molecule is CCOc1cc(N)cc(C(=O)OC(C)COC)c1. The topological polar surface area (TPSA) is 70.8 Å². The van der Waals surface area contributed by atoms with E-state index in [1.165, 1.54) is 0 Å². The third-order valence-corrected chi connectivity index (χ3v) is 2.19. The Morgan fingerprint density at radius 2 is 2.11 bits per heavy atom. The molecule has 0 bridgehead atoms. The monoisotopic (exact) mass is 253 g/mol. The molecule has 0 aliphatic rings. The number of anilines is 1. The Balaban J connectivity index is 2.78. The van der Waals surface area contributed by atoms with Crippen LogP contribution in [0.2, 0.25) is 0 Å². The minimum atomic E-state index is -0.437. The van der Waals surface area contributed by atoms with Gasteiger partial charge >= 0.3 is 5.97 Å². The lowest BCUT2D eigenvalue weighted by atomic mass is 10.2. The first kappa shape index (κ1) is 14.3. The smallest absolute Gasteiger partial charge is 0.338 e. The summed E-state index contributed by atoms with van der Waals surface area (Å²) in [6, 6.07) is 4.84. The second-order valence-corrected chi connectivity index (χ2v) is 3.90. The molecule has 0 saturated carbocycles. The minimum Gasteiger partial charge on any atom is -0.494 e. The first-order valence-corrected chi connectivity index (χ1v) is 5.80. The zero-order chi connectivity index (χ0) is 13.5. The van der Waals surface area contributed by atoms with E-state index in [1.807, 2.05) is 6.92 Å². The molecule has 100 valence electrons. The Morgan fingerprint density at radius 3 is 2.72 bits per heavy atom. The quantitative estimate of drug-likeness (QED) is 0.619. The van der Waals surface area contributed by atoms with Gasteiger partial charge in [0.25, 0.3) is 0 Å². The Kier molecular flexibility index (Phi) is 5.45. The Hall–Kier alpha value is -1.75. The van der Waals surface area contributed by atoms with Crippen LogP contribution in [-0.2, 0) is 9.47 Å².